The van der Waals surface area contributed by atoms with Gasteiger partial charge in [-0.25, -0.2) is 0 Å². The molecule has 0 N–H and O–H groups in total. The van der Waals surface area contributed by atoms with Crippen molar-refractivity contribution in [2.45, 2.75) is 100 Å². The Morgan fingerprint density at radius 1 is 0.483 bits per heavy atom. The van der Waals surface area contributed by atoms with Crippen LogP contribution in [0.2, 0.25) is 0 Å². The summed E-state index contributed by atoms with van der Waals surface area (Å²) in [6.45, 7) is 13.8. The average molecular weight is 922 g/mol. The van der Waals surface area contributed by atoms with E-state index in [2.05, 4.69) is 169 Å². The van der Waals surface area contributed by atoms with Crippen LogP contribution in [0.3, 0.4) is 0 Å². The molecule has 6 aromatic carbocycles. The molecule has 2 unspecified atom stereocenters. The number of aryl methyl sites for hydroxylation is 4. The molecule has 0 saturated heterocycles. The molecule has 0 fully saturated rings. The zero-order chi connectivity index (χ0) is 41.8. The molecule has 0 amide bonds. The SMILES string of the molecule is CCCC1=Cc2c(ccc(CCC)c2-c2ccccc2C)[CH]1[Zr]([Cl])([Cl])([c]1cccc2c1[SiH2]c1ccccc1-2)[CH]1C(CCC)=Cc2c1ccc(CCC)c2-c1ccccc1C. The predicted molar refractivity (Wildman–Crippen MR) is 264 cm³/mol. The zero-order valence-corrected chi connectivity index (χ0v) is 41.8. The van der Waals surface area contributed by atoms with Gasteiger partial charge >= 0.3 is 373 Å². The normalized spacial score (nSPS) is 17.4. The van der Waals surface area contributed by atoms with Crippen molar-refractivity contribution >= 4 is 52.3 Å². The number of rotatable bonds is 13. The van der Waals surface area contributed by atoms with E-state index in [9.17, 15) is 17.0 Å². The van der Waals surface area contributed by atoms with Crippen molar-refractivity contribution in [2.75, 3.05) is 0 Å². The Morgan fingerprint density at radius 3 is 1.42 bits per heavy atom. The summed E-state index contributed by atoms with van der Waals surface area (Å²) in [5.41, 5.74) is 22.0. The van der Waals surface area contributed by atoms with Crippen LogP contribution in [0.4, 0.5) is 0 Å². The molecule has 6 aromatic rings. The first kappa shape index (κ1) is 41.8. The first-order valence-corrected chi connectivity index (χ1v) is 34.6. The summed E-state index contributed by atoms with van der Waals surface area (Å²) in [7, 11) is 18.0. The topological polar surface area (TPSA) is 0 Å². The van der Waals surface area contributed by atoms with Crippen molar-refractivity contribution in [3.63, 3.8) is 0 Å². The summed E-state index contributed by atoms with van der Waals surface area (Å²) >= 11 is -5.65. The van der Waals surface area contributed by atoms with Gasteiger partial charge in [0.05, 0.1) is 0 Å². The third-order valence-electron chi connectivity index (χ3n) is 14.1. The number of benzene rings is 6. The van der Waals surface area contributed by atoms with E-state index >= 15 is 0 Å². The van der Waals surface area contributed by atoms with Crippen LogP contribution in [0, 0.1) is 13.8 Å². The first-order valence-electron chi connectivity index (χ1n) is 22.8. The molecule has 0 saturated carbocycles. The van der Waals surface area contributed by atoms with E-state index in [0.717, 1.165) is 51.4 Å². The van der Waals surface area contributed by atoms with Gasteiger partial charge in [-0.3, -0.25) is 0 Å². The monoisotopic (exact) mass is 919 g/mol. The van der Waals surface area contributed by atoms with Gasteiger partial charge in [-0.15, -0.1) is 0 Å². The van der Waals surface area contributed by atoms with Gasteiger partial charge < -0.3 is 0 Å². The van der Waals surface area contributed by atoms with E-state index in [-0.39, 0.29) is 7.25 Å². The van der Waals surface area contributed by atoms with Crippen LogP contribution in [0.1, 0.15) is 118 Å². The van der Waals surface area contributed by atoms with Crippen LogP contribution >= 0.6 is 17.0 Å². The second kappa shape index (κ2) is 16.6. The summed E-state index contributed by atoms with van der Waals surface area (Å²) in [6, 6.07) is 44.0. The van der Waals surface area contributed by atoms with Crippen molar-refractivity contribution in [3.05, 3.63) is 171 Å². The van der Waals surface area contributed by atoms with Crippen molar-refractivity contribution in [1.29, 1.82) is 0 Å². The van der Waals surface area contributed by atoms with Gasteiger partial charge in [0.15, 0.2) is 0 Å². The molecule has 0 aromatic heterocycles. The zero-order valence-electron chi connectivity index (χ0n) is 36.4. The van der Waals surface area contributed by atoms with Gasteiger partial charge in [0, 0.05) is 0 Å². The third kappa shape index (κ3) is 6.61. The fraction of sp³-hybridized carbons (Fsp3) is 0.286. The Labute approximate surface area is 370 Å². The molecule has 60 heavy (non-hydrogen) atoms. The molecule has 305 valence electrons. The van der Waals surface area contributed by atoms with Crippen molar-refractivity contribution in [2.24, 2.45) is 0 Å². The second-order valence-electron chi connectivity index (χ2n) is 18.0. The van der Waals surface area contributed by atoms with Gasteiger partial charge in [-0.2, -0.15) is 0 Å². The van der Waals surface area contributed by atoms with E-state index < -0.39 is 25.9 Å². The number of hydrogen-bond donors (Lipinski definition) is 0. The first-order chi connectivity index (χ1) is 29.1. The van der Waals surface area contributed by atoms with Crippen molar-refractivity contribution in [3.8, 4) is 33.4 Å². The predicted octanol–water partition coefficient (Wildman–Crippen LogP) is 14.1. The minimum absolute atomic E-state index is 0.0687. The molecule has 0 radical (unpaired) electrons. The van der Waals surface area contributed by atoms with Gasteiger partial charge in [0.1, 0.15) is 0 Å². The van der Waals surface area contributed by atoms with Gasteiger partial charge in [0.25, 0.3) is 0 Å². The van der Waals surface area contributed by atoms with Crippen LogP contribution in [-0.2, 0) is 29.2 Å². The Kier molecular flexibility index (Phi) is 11.6. The quantitative estimate of drug-likeness (QED) is 0.101. The minimum atomic E-state index is -5.65. The van der Waals surface area contributed by atoms with Crippen molar-refractivity contribution < 1.29 is 16.4 Å². The Hall–Kier alpha value is -3.52. The Balaban J connectivity index is 1.40. The van der Waals surface area contributed by atoms with Gasteiger partial charge in [0.2, 0.25) is 0 Å². The summed E-state index contributed by atoms with van der Waals surface area (Å²) in [5.74, 6) is 0. The molecule has 1 heterocycles. The van der Waals surface area contributed by atoms with Crippen LogP contribution in [0.25, 0.3) is 45.5 Å². The summed E-state index contributed by atoms with van der Waals surface area (Å²) < 4.78 is 1.19. The van der Waals surface area contributed by atoms with E-state index in [4.69, 9.17) is 0 Å². The summed E-state index contributed by atoms with van der Waals surface area (Å²) in [4.78, 5) is 0. The number of hydrogen-bond acceptors (Lipinski definition) is 0. The average Bonchev–Trinajstić information content (AvgIpc) is 3.94. The third-order valence-corrected chi connectivity index (χ3v) is 36.9. The maximum absolute atomic E-state index is 9.45. The fourth-order valence-electron chi connectivity index (χ4n) is 11.8. The molecular formula is C56H59Cl2SiZr. The van der Waals surface area contributed by atoms with Gasteiger partial charge in [-0.1, -0.05) is 0 Å². The molecule has 2 aliphatic carbocycles. The molecule has 0 nitrogen and oxygen atoms in total. The summed E-state index contributed by atoms with van der Waals surface area (Å²) in [5, 5.41) is 3.00. The number of halogens is 2. The molecular weight excluding hydrogens is 863 g/mol. The van der Waals surface area contributed by atoms with Crippen LogP contribution in [0.5, 0.6) is 0 Å². The molecule has 9 rings (SSSR count). The number of fused-ring (bicyclic) bond motifs is 5. The fourth-order valence-corrected chi connectivity index (χ4v) is 39.7. The Morgan fingerprint density at radius 2 is 0.933 bits per heavy atom. The van der Waals surface area contributed by atoms with Crippen LogP contribution < -0.4 is 13.6 Å². The molecule has 4 heteroatoms. The van der Waals surface area contributed by atoms with Crippen LogP contribution in [-0.4, -0.2) is 9.52 Å². The van der Waals surface area contributed by atoms with E-state index in [0.29, 0.717) is 0 Å². The molecule has 0 bridgehead atoms. The van der Waals surface area contributed by atoms with Gasteiger partial charge in [-0.05, 0) is 0 Å². The molecule has 1 aliphatic heterocycles. The standard InChI is InChI=1S/2C22H25.C12H9Si.2ClH.Zr/c2*1-4-8-17-14-19-13-12-18(9-5-2)22(21(19)15-17)20-11-7-6-10-16(20)3;1-3-7-11-9(5-1)10-6-2-4-8-12(10)13-11;;;/h2*6-7,10-15H,4-5,8-9H2,1-3H3;1-7H,13H2;2*1H;/q;;;;;+2/p-2. The number of allylic oxidation sites excluding steroid dienone is 2. The van der Waals surface area contributed by atoms with E-state index in [1.54, 1.807) is 0 Å². The second-order valence-corrected chi connectivity index (χ2v) is 40.4. The van der Waals surface area contributed by atoms with Crippen molar-refractivity contribution in [1.82, 2.24) is 0 Å². The Bertz CT molecular complexity index is 2580. The maximum atomic E-state index is 9.45. The van der Waals surface area contributed by atoms with Crippen LogP contribution in [0.15, 0.2) is 126 Å². The van der Waals surface area contributed by atoms with E-state index in [1.165, 1.54) is 103 Å². The molecule has 0 spiro atoms. The molecule has 3 aliphatic rings. The molecule has 2 atom stereocenters. The summed E-state index contributed by atoms with van der Waals surface area (Å²) in [6.07, 6.45) is 13.5. The van der Waals surface area contributed by atoms with E-state index in [1.807, 2.05) is 0 Å².